The second kappa shape index (κ2) is 9.89. The van der Waals surface area contributed by atoms with Crippen LogP contribution >= 0.6 is 0 Å². The molecule has 1 aliphatic heterocycles. The van der Waals surface area contributed by atoms with Crippen molar-refractivity contribution in [3.63, 3.8) is 0 Å². The van der Waals surface area contributed by atoms with E-state index < -0.39 is 0 Å². The number of nitrogens with one attached hydrogen (secondary N) is 2. The van der Waals surface area contributed by atoms with Crippen LogP contribution in [0.2, 0.25) is 0 Å². The van der Waals surface area contributed by atoms with Crippen molar-refractivity contribution in [3.05, 3.63) is 18.3 Å². The summed E-state index contributed by atoms with van der Waals surface area (Å²) in [5.74, 6) is 1.63. The van der Waals surface area contributed by atoms with Crippen molar-refractivity contribution in [2.24, 2.45) is 11.8 Å². The molecule has 0 spiro atoms. The third kappa shape index (κ3) is 5.94. The maximum atomic E-state index is 12.5. The quantitative estimate of drug-likeness (QED) is 0.781. The lowest BCUT2D eigenvalue weighted by molar-refractivity contribution is -0.126. The Bertz CT molecular complexity index is 645. The minimum Gasteiger partial charge on any atom is -0.357 e. The zero-order valence-electron chi connectivity index (χ0n) is 17.2. The molecule has 1 aromatic heterocycles. The number of hydrogen-bond acceptors (Lipinski definition) is 4. The Labute approximate surface area is 168 Å². The highest BCUT2D eigenvalue weighted by atomic mass is 16.2. The molecule has 3 rings (SSSR count). The monoisotopic (exact) mass is 386 g/mol. The van der Waals surface area contributed by atoms with Gasteiger partial charge in [0.15, 0.2) is 0 Å². The molecule has 1 saturated heterocycles. The van der Waals surface area contributed by atoms with E-state index in [1.165, 1.54) is 19.3 Å². The molecule has 2 aliphatic rings. The summed E-state index contributed by atoms with van der Waals surface area (Å²) in [6.07, 6.45) is 10.0. The van der Waals surface area contributed by atoms with Gasteiger partial charge in [0.2, 0.25) is 11.8 Å². The number of rotatable bonds is 6. The van der Waals surface area contributed by atoms with Crippen LogP contribution in [-0.4, -0.2) is 35.9 Å². The summed E-state index contributed by atoms with van der Waals surface area (Å²) < 4.78 is 0. The molecule has 2 N–H and O–H groups in total. The van der Waals surface area contributed by atoms with Gasteiger partial charge in [0, 0.05) is 31.5 Å². The Balaban J connectivity index is 1.45. The molecule has 2 amide bonds. The van der Waals surface area contributed by atoms with Gasteiger partial charge in [-0.15, -0.1) is 0 Å². The third-order valence-electron chi connectivity index (χ3n) is 5.77. The molecule has 1 aromatic rings. The lowest BCUT2D eigenvalue weighted by Crippen LogP contribution is -2.44. The summed E-state index contributed by atoms with van der Waals surface area (Å²) in [5.41, 5.74) is 0.733. The van der Waals surface area contributed by atoms with Gasteiger partial charge < -0.3 is 15.5 Å². The fourth-order valence-corrected chi connectivity index (χ4v) is 4.17. The molecule has 28 heavy (non-hydrogen) atoms. The Hall–Kier alpha value is -2.11. The predicted molar refractivity (Wildman–Crippen MR) is 112 cm³/mol. The number of nitrogens with zero attached hydrogens (tertiary/aromatic N) is 2. The Kier molecular flexibility index (Phi) is 7.29. The van der Waals surface area contributed by atoms with E-state index in [1.54, 1.807) is 6.20 Å². The topological polar surface area (TPSA) is 74.3 Å². The summed E-state index contributed by atoms with van der Waals surface area (Å²) in [6, 6.07) is 4.25. The van der Waals surface area contributed by atoms with Gasteiger partial charge in [-0.2, -0.15) is 0 Å². The van der Waals surface area contributed by atoms with Crippen molar-refractivity contribution < 1.29 is 9.59 Å². The molecule has 0 atom stereocenters. The molecule has 1 saturated carbocycles. The number of pyridine rings is 1. The average molecular weight is 387 g/mol. The van der Waals surface area contributed by atoms with E-state index >= 15 is 0 Å². The second-order valence-corrected chi connectivity index (χ2v) is 8.66. The molecule has 0 aromatic carbocycles. The highest BCUT2D eigenvalue weighted by molar-refractivity contribution is 5.90. The SMILES string of the molecule is CC(C)CC(=O)Nc1ccc(N2CCC(C(=O)NC3CCCCC3)CC2)nc1. The molecule has 154 valence electrons. The van der Waals surface area contributed by atoms with E-state index in [0.717, 1.165) is 50.3 Å². The molecule has 2 fully saturated rings. The molecule has 2 heterocycles. The van der Waals surface area contributed by atoms with Gasteiger partial charge in [0.25, 0.3) is 0 Å². The van der Waals surface area contributed by atoms with Crippen LogP contribution in [0.1, 0.15) is 65.2 Å². The van der Waals surface area contributed by atoms with Crippen LogP contribution in [0.5, 0.6) is 0 Å². The highest BCUT2D eigenvalue weighted by Crippen LogP contribution is 2.24. The number of aromatic nitrogens is 1. The number of carbonyl (C=O) groups excluding carboxylic acids is 2. The van der Waals surface area contributed by atoms with E-state index in [9.17, 15) is 9.59 Å². The van der Waals surface area contributed by atoms with Crippen LogP contribution in [0.3, 0.4) is 0 Å². The smallest absolute Gasteiger partial charge is 0.224 e. The first-order chi connectivity index (χ1) is 13.5. The molecular formula is C22H34N4O2. The van der Waals surface area contributed by atoms with Crippen LogP contribution < -0.4 is 15.5 Å². The minimum absolute atomic E-state index is 0.0225. The van der Waals surface area contributed by atoms with Crippen molar-refractivity contribution in [2.75, 3.05) is 23.3 Å². The Morgan fingerprint density at radius 1 is 1.11 bits per heavy atom. The first kappa shape index (κ1) is 20.6. The molecule has 1 aliphatic carbocycles. The van der Waals surface area contributed by atoms with E-state index in [1.807, 2.05) is 26.0 Å². The number of carbonyl (C=O) groups is 2. The first-order valence-corrected chi connectivity index (χ1v) is 10.8. The number of amides is 2. The maximum absolute atomic E-state index is 12.5. The van der Waals surface area contributed by atoms with Gasteiger partial charge in [0.05, 0.1) is 11.9 Å². The lowest BCUT2D eigenvalue weighted by Gasteiger charge is -2.33. The number of hydrogen-bond donors (Lipinski definition) is 2. The fraction of sp³-hybridized carbons (Fsp3) is 0.682. The van der Waals surface area contributed by atoms with Gasteiger partial charge >= 0.3 is 0 Å². The van der Waals surface area contributed by atoms with E-state index in [4.69, 9.17) is 0 Å². The van der Waals surface area contributed by atoms with Crippen LogP contribution in [0.25, 0.3) is 0 Å². The summed E-state index contributed by atoms with van der Waals surface area (Å²) in [6.45, 7) is 5.74. The van der Waals surface area contributed by atoms with E-state index in [2.05, 4.69) is 20.5 Å². The van der Waals surface area contributed by atoms with Crippen LogP contribution in [0.15, 0.2) is 18.3 Å². The van der Waals surface area contributed by atoms with Gasteiger partial charge in [-0.1, -0.05) is 33.1 Å². The zero-order chi connectivity index (χ0) is 19.9. The van der Waals surface area contributed by atoms with Gasteiger partial charge in [-0.05, 0) is 43.7 Å². The number of piperidine rings is 1. The minimum atomic E-state index is 0.0225. The fourth-order valence-electron chi connectivity index (χ4n) is 4.17. The normalized spacial score (nSPS) is 18.9. The van der Waals surface area contributed by atoms with Crippen LogP contribution in [-0.2, 0) is 9.59 Å². The zero-order valence-corrected chi connectivity index (χ0v) is 17.2. The summed E-state index contributed by atoms with van der Waals surface area (Å²) in [5, 5.41) is 6.16. The van der Waals surface area contributed by atoms with Gasteiger partial charge in [-0.25, -0.2) is 4.98 Å². The molecule has 0 bridgehead atoms. The Morgan fingerprint density at radius 2 is 1.82 bits per heavy atom. The molecule has 6 nitrogen and oxygen atoms in total. The molecule has 0 unspecified atom stereocenters. The standard InChI is InChI=1S/C22H34N4O2/c1-16(2)14-21(27)24-19-8-9-20(23-15-19)26-12-10-17(11-13-26)22(28)25-18-6-4-3-5-7-18/h8-9,15-18H,3-7,10-14H2,1-2H3,(H,24,27)(H,25,28). The third-order valence-corrected chi connectivity index (χ3v) is 5.77. The predicted octanol–water partition coefficient (Wildman–Crippen LogP) is 3.73. The van der Waals surface area contributed by atoms with Crippen LogP contribution in [0, 0.1) is 11.8 Å². The van der Waals surface area contributed by atoms with Gasteiger partial charge in [-0.3, -0.25) is 9.59 Å². The lowest BCUT2D eigenvalue weighted by atomic mass is 9.92. The van der Waals surface area contributed by atoms with E-state index in [0.29, 0.717) is 18.4 Å². The Morgan fingerprint density at radius 3 is 2.43 bits per heavy atom. The van der Waals surface area contributed by atoms with Gasteiger partial charge in [0.1, 0.15) is 5.82 Å². The van der Waals surface area contributed by atoms with E-state index in [-0.39, 0.29) is 17.7 Å². The molecule has 0 radical (unpaired) electrons. The van der Waals surface area contributed by atoms with Crippen molar-refractivity contribution in [1.29, 1.82) is 0 Å². The second-order valence-electron chi connectivity index (χ2n) is 8.66. The maximum Gasteiger partial charge on any atom is 0.224 e. The van der Waals surface area contributed by atoms with Crippen molar-refractivity contribution >= 4 is 23.3 Å². The van der Waals surface area contributed by atoms with Crippen molar-refractivity contribution in [3.8, 4) is 0 Å². The highest BCUT2D eigenvalue weighted by Gasteiger charge is 2.27. The van der Waals surface area contributed by atoms with Crippen molar-refractivity contribution in [2.45, 2.75) is 71.3 Å². The molecule has 6 heteroatoms. The summed E-state index contributed by atoms with van der Waals surface area (Å²) in [7, 11) is 0. The molecular weight excluding hydrogens is 352 g/mol. The number of anilines is 2. The summed E-state index contributed by atoms with van der Waals surface area (Å²) >= 11 is 0. The summed E-state index contributed by atoms with van der Waals surface area (Å²) in [4.78, 5) is 31.1. The van der Waals surface area contributed by atoms with Crippen LogP contribution in [0.4, 0.5) is 11.5 Å². The largest absolute Gasteiger partial charge is 0.357 e. The average Bonchev–Trinajstić information content (AvgIpc) is 2.69. The van der Waals surface area contributed by atoms with Crippen molar-refractivity contribution in [1.82, 2.24) is 10.3 Å². The first-order valence-electron chi connectivity index (χ1n) is 10.8.